The van der Waals surface area contributed by atoms with E-state index in [1.54, 1.807) is 36.5 Å². The monoisotopic (exact) mass is 445 g/mol. The van der Waals surface area contributed by atoms with Crippen molar-refractivity contribution in [3.05, 3.63) is 81.6 Å². The van der Waals surface area contributed by atoms with Crippen LogP contribution in [0.4, 0.5) is 8.78 Å². The summed E-state index contributed by atoms with van der Waals surface area (Å²) in [7, 11) is 0. The number of carbonyl (C=O) groups excluding carboxylic acids is 1. The van der Waals surface area contributed by atoms with Gasteiger partial charge >= 0.3 is 0 Å². The third kappa shape index (κ3) is 4.08. The van der Waals surface area contributed by atoms with Crippen LogP contribution in [0.3, 0.4) is 0 Å². The molecule has 1 amide bonds. The summed E-state index contributed by atoms with van der Waals surface area (Å²) in [5, 5.41) is 0.695. The molecule has 0 spiro atoms. The van der Waals surface area contributed by atoms with Crippen molar-refractivity contribution >= 4 is 17.2 Å². The van der Waals surface area contributed by atoms with Crippen molar-refractivity contribution < 1.29 is 23.1 Å². The molecular formula is C22H21F2N3O3S. The molecule has 3 atom stereocenters. The number of aryl methyl sites for hydroxylation is 1. The van der Waals surface area contributed by atoms with Gasteiger partial charge in [-0.1, -0.05) is 31.2 Å². The summed E-state index contributed by atoms with van der Waals surface area (Å²) in [6.45, 7) is 4.09. The highest BCUT2D eigenvalue weighted by atomic mass is 32.1. The van der Waals surface area contributed by atoms with Crippen molar-refractivity contribution in [3.8, 4) is 0 Å². The number of hydrogen-bond acceptors (Lipinski definition) is 6. The van der Waals surface area contributed by atoms with Crippen LogP contribution in [-0.2, 0) is 15.2 Å². The number of pyridine rings is 1. The van der Waals surface area contributed by atoms with Gasteiger partial charge in [-0.3, -0.25) is 14.6 Å². The normalized spacial score (nSPS) is 21.5. The zero-order valence-corrected chi connectivity index (χ0v) is 17.7. The van der Waals surface area contributed by atoms with Gasteiger partial charge in [0.1, 0.15) is 16.8 Å². The van der Waals surface area contributed by atoms with Crippen molar-refractivity contribution in [2.45, 2.75) is 37.9 Å². The molecule has 2 unspecified atom stereocenters. The van der Waals surface area contributed by atoms with Gasteiger partial charge in [-0.05, 0) is 30.7 Å². The van der Waals surface area contributed by atoms with Crippen LogP contribution < -0.4 is 5.48 Å². The average Bonchev–Trinajstić information content (AvgIpc) is 3.20. The Hall–Kier alpha value is -2.75. The molecule has 0 radical (unpaired) electrons. The summed E-state index contributed by atoms with van der Waals surface area (Å²) in [4.78, 5) is 27.6. The highest BCUT2D eigenvalue weighted by Gasteiger charge is 2.58. The predicted octanol–water partition coefficient (Wildman–Crippen LogP) is 4.54. The van der Waals surface area contributed by atoms with Crippen LogP contribution in [0.25, 0.3) is 0 Å². The molecule has 162 valence electrons. The molecule has 0 aliphatic carbocycles. The number of alkyl halides is 2. The zero-order chi connectivity index (χ0) is 22.0. The first-order chi connectivity index (χ1) is 14.9. The third-order valence-electron chi connectivity index (χ3n) is 5.41. The number of rotatable bonds is 7. The summed E-state index contributed by atoms with van der Waals surface area (Å²) in [5.41, 5.74) is 2.42. The second-order valence-electron chi connectivity index (χ2n) is 7.32. The number of carbonyl (C=O) groups is 1. The van der Waals surface area contributed by atoms with E-state index in [1.165, 1.54) is 23.6 Å². The van der Waals surface area contributed by atoms with Crippen LogP contribution in [0.1, 0.15) is 50.8 Å². The molecule has 31 heavy (non-hydrogen) atoms. The maximum atomic E-state index is 12.9. The van der Waals surface area contributed by atoms with Gasteiger partial charge < -0.3 is 4.74 Å². The lowest BCUT2D eigenvalue weighted by Gasteiger charge is -2.50. The lowest BCUT2D eigenvalue weighted by Crippen LogP contribution is -2.61. The smallest absolute Gasteiger partial charge is 0.280 e. The number of aromatic nitrogens is 2. The minimum atomic E-state index is -2.64. The van der Waals surface area contributed by atoms with E-state index >= 15 is 0 Å². The quantitative estimate of drug-likeness (QED) is 0.541. The topological polar surface area (TPSA) is 73.3 Å². The van der Waals surface area contributed by atoms with E-state index in [1.807, 2.05) is 19.9 Å². The van der Waals surface area contributed by atoms with E-state index < -0.39 is 18.1 Å². The van der Waals surface area contributed by atoms with Crippen LogP contribution in [-0.4, -0.2) is 28.6 Å². The molecule has 3 heterocycles. The molecule has 2 aromatic heterocycles. The van der Waals surface area contributed by atoms with Gasteiger partial charge in [0.05, 0.1) is 6.61 Å². The van der Waals surface area contributed by atoms with Gasteiger partial charge in [-0.25, -0.2) is 19.2 Å². The number of halogens is 2. The third-order valence-corrected chi connectivity index (χ3v) is 6.46. The number of hydroxylamine groups is 1. The first-order valence-corrected chi connectivity index (χ1v) is 10.6. The number of benzene rings is 1. The minimum absolute atomic E-state index is 0.251. The van der Waals surface area contributed by atoms with E-state index in [4.69, 9.17) is 9.57 Å². The largest absolute Gasteiger partial charge is 0.361 e. The lowest BCUT2D eigenvalue weighted by atomic mass is 9.77. The Bertz CT molecular complexity index is 1050. The van der Waals surface area contributed by atoms with Crippen molar-refractivity contribution in [1.29, 1.82) is 0 Å². The first-order valence-electron chi connectivity index (χ1n) is 9.73. The lowest BCUT2D eigenvalue weighted by molar-refractivity contribution is -0.285. The van der Waals surface area contributed by atoms with Gasteiger partial charge in [0, 0.05) is 28.8 Å². The molecule has 3 aromatic rings. The Morgan fingerprint density at radius 1 is 1.23 bits per heavy atom. The Kier molecular flexibility index (Phi) is 6.08. The van der Waals surface area contributed by atoms with E-state index in [9.17, 15) is 13.6 Å². The molecule has 9 heteroatoms. The summed E-state index contributed by atoms with van der Waals surface area (Å²) in [6.07, 6.45) is 0.0171. The number of nitrogens with zero attached hydrogens (tertiary/aromatic N) is 2. The molecule has 1 aromatic carbocycles. The molecule has 1 aliphatic heterocycles. The molecule has 4 rings (SSSR count). The number of ether oxygens (including phenoxy) is 1. The van der Waals surface area contributed by atoms with Crippen molar-refractivity contribution in [2.24, 2.45) is 0 Å². The molecule has 1 N–H and O–H groups in total. The second kappa shape index (κ2) is 8.78. The maximum Gasteiger partial charge on any atom is 0.280 e. The Morgan fingerprint density at radius 3 is 2.55 bits per heavy atom. The molecule has 1 saturated heterocycles. The molecule has 1 aliphatic rings. The molecule has 6 nitrogen and oxygen atoms in total. The molecule has 0 saturated carbocycles. The molecule has 1 fully saturated rings. The zero-order valence-electron chi connectivity index (χ0n) is 16.9. The summed E-state index contributed by atoms with van der Waals surface area (Å²) in [5.74, 6) is -0.683. The van der Waals surface area contributed by atoms with Crippen LogP contribution in [0.2, 0.25) is 0 Å². The van der Waals surface area contributed by atoms with Gasteiger partial charge in [0.15, 0.2) is 5.60 Å². The van der Waals surface area contributed by atoms with Crippen LogP contribution in [0.15, 0.2) is 54.9 Å². The van der Waals surface area contributed by atoms with Gasteiger partial charge in [-0.2, -0.15) is 0 Å². The number of nitrogens with one attached hydrogen (secondary N) is 1. The van der Waals surface area contributed by atoms with Gasteiger partial charge in [0.2, 0.25) is 0 Å². The Morgan fingerprint density at radius 2 is 2.00 bits per heavy atom. The second-order valence-corrected chi connectivity index (χ2v) is 8.56. The predicted molar refractivity (Wildman–Crippen MR) is 111 cm³/mol. The Labute approximate surface area is 182 Å². The van der Waals surface area contributed by atoms with Crippen molar-refractivity contribution in [1.82, 2.24) is 15.4 Å². The number of hydrogen-bond donors (Lipinski definition) is 1. The fourth-order valence-electron chi connectivity index (χ4n) is 3.60. The Balaban J connectivity index is 1.59. The number of amides is 1. The molecule has 0 bridgehead atoms. The fraction of sp³-hybridized carbons (Fsp3) is 0.318. The average molecular weight is 445 g/mol. The van der Waals surface area contributed by atoms with E-state index in [0.29, 0.717) is 16.1 Å². The SMILES string of the molecule is Cc1cnc(C2([C@H](C)c3ccc(C(F)F)nc3)OCC2ONC(=O)c2ccccc2)s1. The molecular weight excluding hydrogens is 424 g/mol. The summed E-state index contributed by atoms with van der Waals surface area (Å²) < 4.78 is 31.9. The van der Waals surface area contributed by atoms with Crippen molar-refractivity contribution in [3.63, 3.8) is 0 Å². The highest BCUT2D eigenvalue weighted by Crippen LogP contribution is 2.50. The fourth-order valence-corrected chi connectivity index (χ4v) is 4.64. The number of thiazole rings is 1. The summed E-state index contributed by atoms with van der Waals surface area (Å²) in [6, 6.07) is 11.6. The van der Waals surface area contributed by atoms with Gasteiger partial charge in [-0.15, -0.1) is 11.3 Å². The van der Waals surface area contributed by atoms with E-state index in [2.05, 4.69) is 15.4 Å². The van der Waals surface area contributed by atoms with E-state index in [0.717, 1.165) is 4.88 Å². The van der Waals surface area contributed by atoms with Crippen LogP contribution in [0, 0.1) is 6.92 Å². The van der Waals surface area contributed by atoms with Crippen LogP contribution in [0.5, 0.6) is 0 Å². The van der Waals surface area contributed by atoms with E-state index in [-0.39, 0.29) is 24.1 Å². The first kappa shape index (κ1) is 21.5. The standard InChI is InChI=1S/C22H21F2N3O3S/c1-13-10-26-21(31-13)22(14(2)16-8-9-17(19(23)24)25-11-16)18(12-29-22)30-27-20(28)15-6-4-3-5-7-15/h3-11,14,18-19H,12H2,1-2H3,(H,27,28)/t14-,18?,22?/m1/s1. The van der Waals surface area contributed by atoms with Crippen LogP contribution >= 0.6 is 11.3 Å². The highest BCUT2D eigenvalue weighted by molar-refractivity contribution is 7.11. The van der Waals surface area contributed by atoms with Crippen molar-refractivity contribution in [2.75, 3.05) is 6.61 Å². The van der Waals surface area contributed by atoms with Gasteiger partial charge in [0.25, 0.3) is 12.3 Å². The summed E-state index contributed by atoms with van der Waals surface area (Å²) >= 11 is 1.47. The maximum absolute atomic E-state index is 12.9. The minimum Gasteiger partial charge on any atom is -0.361 e.